The lowest BCUT2D eigenvalue weighted by Crippen LogP contribution is -2.53. The lowest BCUT2D eigenvalue weighted by Gasteiger charge is -2.42. The molecule has 1 N–H and O–H groups in total. The summed E-state index contributed by atoms with van der Waals surface area (Å²) in [5.74, 6) is 0.599. The molecule has 0 radical (unpaired) electrons. The van der Waals surface area contributed by atoms with E-state index in [2.05, 4.69) is 74.0 Å². The predicted octanol–water partition coefficient (Wildman–Crippen LogP) is 4.27. The number of benzene rings is 1. The molecule has 142 valence electrons. The summed E-state index contributed by atoms with van der Waals surface area (Å²) >= 11 is 0. The summed E-state index contributed by atoms with van der Waals surface area (Å²) in [6, 6.07) is 10.5. The third-order valence-corrected chi connectivity index (χ3v) is 5.45. The van der Waals surface area contributed by atoms with Crippen molar-refractivity contribution in [1.29, 1.82) is 0 Å². The number of hydrogen-bond acceptors (Lipinski definition) is 3. The van der Waals surface area contributed by atoms with Crippen LogP contribution in [0.3, 0.4) is 0 Å². The first-order valence-corrected chi connectivity index (χ1v) is 10.3. The maximum atomic E-state index is 3.54. The van der Waals surface area contributed by atoms with Gasteiger partial charge in [0.25, 0.3) is 0 Å². The van der Waals surface area contributed by atoms with Gasteiger partial charge in [-0.3, -0.25) is 4.90 Å². The van der Waals surface area contributed by atoms with Gasteiger partial charge in [0.05, 0.1) is 0 Å². The number of hydrogen-bond donors (Lipinski definition) is 1. The molecule has 1 saturated heterocycles. The van der Waals surface area contributed by atoms with Crippen molar-refractivity contribution >= 4 is 0 Å². The average molecular weight is 346 g/mol. The van der Waals surface area contributed by atoms with Crippen molar-refractivity contribution in [2.45, 2.75) is 65.5 Å². The minimum Gasteiger partial charge on any atom is -0.314 e. The molecule has 2 atom stereocenters. The van der Waals surface area contributed by atoms with Crippen molar-refractivity contribution in [3.8, 4) is 0 Å². The van der Waals surface area contributed by atoms with Crippen molar-refractivity contribution in [2.75, 3.05) is 39.3 Å². The second-order valence-corrected chi connectivity index (χ2v) is 7.93. The highest BCUT2D eigenvalue weighted by Crippen LogP contribution is 2.27. The molecule has 1 aliphatic rings. The highest BCUT2D eigenvalue weighted by molar-refractivity contribution is 5.27. The summed E-state index contributed by atoms with van der Waals surface area (Å²) in [4.78, 5) is 5.38. The van der Waals surface area contributed by atoms with Gasteiger partial charge >= 0.3 is 0 Å². The highest BCUT2D eigenvalue weighted by atomic mass is 15.3. The van der Waals surface area contributed by atoms with Gasteiger partial charge < -0.3 is 10.2 Å². The molecule has 1 heterocycles. The molecule has 25 heavy (non-hydrogen) atoms. The van der Waals surface area contributed by atoms with Crippen molar-refractivity contribution in [1.82, 2.24) is 15.1 Å². The van der Waals surface area contributed by atoms with Crippen LogP contribution in [-0.2, 0) is 0 Å². The van der Waals surface area contributed by atoms with Gasteiger partial charge in [-0.25, -0.2) is 0 Å². The molecule has 1 fully saturated rings. The smallest absolute Gasteiger partial charge is 0.0479 e. The van der Waals surface area contributed by atoms with Crippen LogP contribution in [0, 0.1) is 0 Å². The van der Waals surface area contributed by atoms with Crippen LogP contribution >= 0.6 is 0 Å². The SMILES string of the molecule is CCCN(CCC)CC(c1ccc(C(C)C)cc1)N1CCNCC1C. The van der Waals surface area contributed by atoms with Crippen LogP contribution in [0.4, 0.5) is 0 Å². The Balaban J connectivity index is 2.23. The predicted molar refractivity (Wildman–Crippen MR) is 109 cm³/mol. The molecule has 0 aromatic heterocycles. The Labute approximate surface area is 155 Å². The van der Waals surface area contributed by atoms with Crippen molar-refractivity contribution in [2.24, 2.45) is 0 Å². The number of nitrogens with zero attached hydrogens (tertiary/aromatic N) is 2. The van der Waals surface area contributed by atoms with Crippen LogP contribution in [0.25, 0.3) is 0 Å². The Morgan fingerprint density at radius 2 is 1.68 bits per heavy atom. The lowest BCUT2D eigenvalue weighted by atomic mass is 9.96. The zero-order chi connectivity index (χ0) is 18.2. The quantitative estimate of drug-likeness (QED) is 0.721. The van der Waals surface area contributed by atoms with E-state index in [-0.39, 0.29) is 0 Å². The van der Waals surface area contributed by atoms with E-state index in [1.54, 1.807) is 0 Å². The van der Waals surface area contributed by atoms with Crippen molar-refractivity contribution < 1.29 is 0 Å². The van der Waals surface area contributed by atoms with Gasteiger partial charge in [-0.15, -0.1) is 0 Å². The third kappa shape index (κ3) is 5.80. The molecular weight excluding hydrogens is 306 g/mol. The van der Waals surface area contributed by atoms with Gasteiger partial charge in [-0.2, -0.15) is 0 Å². The van der Waals surface area contributed by atoms with E-state index in [0.717, 1.165) is 26.2 Å². The summed E-state index contributed by atoms with van der Waals surface area (Å²) in [6.45, 7) is 18.4. The van der Waals surface area contributed by atoms with E-state index in [1.807, 2.05) is 0 Å². The summed E-state index contributed by atoms with van der Waals surface area (Å²) in [5, 5.41) is 3.54. The maximum absolute atomic E-state index is 3.54. The molecule has 2 unspecified atom stereocenters. The summed E-state index contributed by atoms with van der Waals surface area (Å²) in [7, 11) is 0. The fraction of sp³-hybridized carbons (Fsp3) is 0.727. The van der Waals surface area contributed by atoms with Crippen LogP contribution < -0.4 is 5.32 Å². The van der Waals surface area contributed by atoms with Gasteiger partial charge in [0.2, 0.25) is 0 Å². The van der Waals surface area contributed by atoms with E-state index in [9.17, 15) is 0 Å². The molecule has 3 nitrogen and oxygen atoms in total. The molecule has 1 aliphatic heterocycles. The first-order chi connectivity index (χ1) is 12.1. The van der Waals surface area contributed by atoms with Gasteiger partial charge in [0.1, 0.15) is 0 Å². The number of rotatable bonds is 9. The van der Waals surface area contributed by atoms with Crippen LogP contribution in [0.2, 0.25) is 0 Å². The molecule has 0 aliphatic carbocycles. The fourth-order valence-corrected chi connectivity index (χ4v) is 4.00. The maximum Gasteiger partial charge on any atom is 0.0479 e. The molecule has 0 spiro atoms. The van der Waals surface area contributed by atoms with Crippen LogP contribution in [0.5, 0.6) is 0 Å². The Morgan fingerprint density at radius 1 is 1.08 bits per heavy atom. The van der Waals surface area contributed by atoms with Gasteiger partial charge in [0.15, 0.2) is 0 Å². The Kier molecular flexibility index (Phi) is 8.41. The molecule has 0 bridgehead atoms. The summed E-state index contributed by atoms with van der Waals surface area (Å²) < 4.78 is 0. The van der Waals surface area contributed by atoms with Crippen molar-refractivity contribution in [3.05, 3.63) is 35.4 Å². The molecule has 3 heteroatoms. The van der Waals surface area contributed by atoms with E-state index < -0.39 is 0 Å². The second kappa shape index (κ2) is 10.3. The Morgan fingerprint density at radius 3 is 2.20 bits per heavy atom. The normalized spacial score (nSPS) is 20.4. The van der Waals surface area contributed by atoms with Gasteiger partial charge in [-0.05, 0) is 49.9 Å². The largest absolute Gasteiger partial charge is 0.314 e. The molecule has 1 aromatic rings. The molecule has 0 amide bonds. The van der Waals surface area contributed by atoms with Crippen molar-refractivity contribution in [3.63, 3.8) is 0 Å². The number of piperazine rings is 1. The molecule has 0 saturated carbocycles. The van der Waals surface area contributed by atoms with E-state index in [1.165, 1.54) is 37.1 Å². The average Bonchev–Trinajstić information content (AvgIpc) is 2.61. The first-order valence-electron chi connectivity index (χ1n) is 10.3. The monoisotopic (exact) mass is 345 g/mol. The number of nitrogens with one attached hydrogen (secondary N) is 1. The topological polar surface area (TPSA) is 18.5 Å². The van der Waals surface area contributed by atoms with Gasteiger partial charge in [-0.1, -0.05) is 52.0 Å². The molecular formula is C22H39N3. The minimum atomic E-state index is 0.497. The van der Waals surface area contributed by atoms with Crippen LogP contribution in [0.15, 0.2) is 24.3 Å². The molecule has 2 rings (SSSR count). The Hall–Kier alpha value is -0.900. The summed E-state index contributed by atoms with van der Waals surface area (Å²) in [6.07, 6.45) is 2.46. The zero-order valence-electron chi connectivity index (χ0n) is 17.1. The van der Waals surface area contributed by atoms with Gasteiger partial charge in [0, 0.05) is 38.3 Å². The second-order valence-electron chi connectivity index (χ2n) is 7.93. The highest BCUT2D eigenvalue weighted by Gasteiger charge is 2.28. The Bertz CT molecular complexity index is 477. The van der Waals surface area contributed by atoms with E-state index in [4.69, 9.17) is 0 Å². The minimum absolute atomic E-state index is 0.497. The standard InChI is InChI=1S/C22H39N3/c1-6-13-24(14-7-2)17-22(25-15-12-23-16-19(25)5)21-10-8-20(9-11-21)18(3)4/h8-11,18-19,22-23H,6-7,12-17H2,1-5H3. The fourth-order valence-electron chi connectivity index (χ4n) is 4.00. The van der Waals surface area contributed by atoms with Crippen LogP contribution in [0.1, 0.15) is 70.5 Å². The molecule has 1 aromatic carbocycles. The third-order valence-electron chi connectivity index (χ3n) is 5.45. The van der Waals surface area contributed by atoms with E-state index in [0.29, 0.717) is 18.0 Å². The lowest BCUT2D eigenvalue weighted by molar-refractivity contribution is 0.0840. The zero-order valence-corrected chi connectivity index (χ0v) is 17.1. The van der Waals surface area contributed by atoms with E-state index >= 15 is 0 Å². The summed E-state index contributed by atoms with van der Waals surface area (Å²) in [5.41, 5.74) is 2.92. The first kappa shape index (κ1) is 20.4. The van der Waals surface area contributed by atoms with Crippen LogP contribution in [-0.4, -0.2) is 55.1 Å².